The number of nitrogens with one attached hydrogen (secondary N) is 1. The largest absolute Gasteiger partial charge is 0.340 e. The van der Waals surface area contributed by atoms with E-state index in [0.29, 0.717) is 32.1 Å². The van der Waals surface area contributed by atoms with E-state index in [0.717, 1.165) is 38.2 Å². The Kier molecular flexibility index (Phi) is 7.92. The Morgan fingerprint density at radius 1 is 0.897 bits per heavy atom. The van der Waals surface area contributed by atoms with E-state index in [2.05, 4.69) is 36.2 Å². The van der Waals surface area contributed by atoms with Crippen molar-refractivity contribution in [3.05, 3.63) is 29.8 Å². The molecule has 1 atom stereocenters. The van der Waals surface area contributed by atoms with Crippen molar-refractivity contribution in [2.24, 2.45) is 0 Å². The van der Waals surface area contributed by atoms with Crippen molar-refractivity contribution in [3.63, 3.8) is 0 Å². The van der Waals surface area contributed by atoms with E-state index in [4.69, 9.17) is 0 Å². The topological polar surface area (TPSA) is 55.9 Å². The van der Waals surface area contributed by atoms with Crippen LogP contribution in [-0.4, -0.2) is 72.5 Å². The van der Waals surface area contributed by atoms with Gasteiger partial charge in [-0.2, -0.15) is 0 Å². The number of likely N-dealkylation sites (tertiary alicyclic amines) is 1. The standard InChI is InChI=1S/C23H36N4O2/c1-3-19(2)20-8-10-21(11-9-20)24-23(29)27-15-7-14-26(16-17-27)22(28)18-25-12-5-4-6-13-25/h8-11,19H,3-7,12-18H2,1-2H3,(H,24,29). The molecule has 29 heavy (non-hydrogen) atoms. The molecule has 6 heteroatoms. The SMILES string of the molecule is CCC(C)c1ccc(NC(=O)N2CCCN(C(=O)CN3CCCCC3)CC2)cc1. The van der Waals surface area contributed by atoms with Gasteiger partial charge in [-0.3, -0.25) is 9.69 Å². The van der Waals surface area contributed by atoms with Crippen LogP contribution in [0.4, 0.5) is 10.5 Å². The van der Waals surface area contributed by atoms with Crippen LogP contribution in [0, 0.1) is 0 Å². The predicted molar refractivity (Wildman–Crippen MR) is 117 cm³/mol. The highest BCUT2D eigenvalue weighted by atomic mass is 16.2. The first-order valence-electron chi connectivity index (χ1n) is 11.2. The van der Waals surface area contributed by atoms with Crippen LogP contribution in [0.15, 0.2) is 24.3 Å². The van der Waals surface area contributed by atoms with Gasteiger partial charge in [0.15, 0.2) is 0 Å². The summed E-state index contributed by atoms with van der Waals surface area (Å²) in [7, 11) is 0. The van der Waals surface area contributed by atoms with E-state index in [1.54, 1.807) is 0 Å². The van der Waals surface area contributed by atoms with Gasteiger partial charge in [0.2, 0.25) is 5.91 Å². The molecular weight excluding hydrogens is 364 g/mol. The lowest BCUT2D eigenvalue weighted by atomic mass is 9.99. The molecule has 3 rings (SSSR count). The van der Waals surface area contributed by atoms with E-state index >= 15 is 0 Å². The summed E-state index contributed by atoms with van der Waals surface area (Å²) >= 11 is 0. The molecule has 2 aliphatic heterocycles. The Hall–Kier alpha value is -2.08. The van der Waals surface area contributed by atoms with Gasteiger partial charge in [0.1, 0.15) is 0 Å². The van der Waals surface area contributed by atoms with Gasteiger partial charge in [-0.1, -0.05) is 32.4 Å². The first kappa shape index (κ1) is 21.6. The zero-order valence-corrected chi connectivity index (χ0v) is 18.0. The van der Waals surface area contributed by atoms with Gasteiger partial charge in [-0.05, 0) is 62.4 Å². The molecule has 2 fully saturated rings. The highest BCUT2D eigenvalue weighted by molar-refractivity contribution is 5.89. The van der Waals surface area contributed by atoms with Crippen LogP contribution in [0.3, 0.4) is 0 Å². The first-order chi connectivity index (χ1) is 14.1. The summed E-state index contributed by atoms with van der Waals surface area (Å²) in [5, 5.41) is 3.01. The summed E-state index contributed by atoms with van der Waals surface area (Å²) in [4.78, 5) is 31.4. The van der Waals surface area contributed by atoms with E-state index in [9.17, 15) is 9.59 Å². The molecule has 0 aliphatic carbocycles. The monoisotopic (exact) mass is 400 g/mol. The fourth-order valence-electron chi connectivity index (χ4n) is 4.11. The lowest BCUT2D eigenvalue weighted by molar-refractivity contribution is -0.132. The van der Waals surface area contributed by atoms with Crippen LogP contribution in [0.1, 0.15) is 57.4 Å². The van der Waals surface area contributed by atoms with Gasteiger partial charge in [-0.15, -0.1) is 0 Å². The zero-order valence-electron chi connectivity index (χ0n) is 18.0. The third-order valence-electron chi connectivity index (χ3n) is 6.29. The Morgan fingerprint density at radius 2 is 1.55 bits per heavy atom. The number of carbonyl (C=O) groups excluding carboxylic acids is 2. The summed E-state index contributed by atoms with van der Waals surface area (Å²) in [6.45, 7) is 9.60. The number of nitrogens with zero attached hydrogens (tertiary/aromatic N) is 3. The number of hydrogen-bond donors (Lipinski definition) is 1. The molecule has 2 heterocycles. The second kappa shape index (κ2) is 10.6. The molecule has 1 aromatic rings. The number of rotatable bonds is 5. The van der Waals surface area contributed by atoms with Crippen LogP contribution in [0.5, 0.6) is 0 Å². The number of carbonyl (C=O) groups is 2. The van der Waals surface area contributed by atoms with Crippen LogP contribution in [0.2, 0.25) is 0 Å². The molecule has 2 saturated heterocycles. The van der Waals surface area contributed by atoms with E-state index in [1.165, 1.54) is 24.8 Å². The summed E-state index contributed by atoms with van der Waals surface area (Å²) in [6, 6.07) is 8.06. The van der Waals surface area contributed by atoms with Gasteiger partial charge in [0.25, 0.3) is 0 Å². The Balaban J connectivity index is 1.48. The third-order valence-corrected chi connectivity index (χ3v) is 6.29. The van der Waals surface area contributed by atoms with E-state index < -0.39 is 0 Å². The Bertz CT molecular complexity index is 670. The first-order valence-corrected chi connectivity index (χ1v) is 11.2. The van der Waals surface area contributed by atoms with Crippen LogP contribution >= 0.6 is 0 Å². The molecule has 0 spiro atoms. The summed E-state index contributed by atoms with van der Waals surface area (Å²) < 4.78 is 0. The second-order valence-electron chi connectivity index (χ2n) is 8.42. The Morgan fingerprint density at radius 3 is 2.24 bits per heavy atom. The van der Waals surface area contributed by atoms with Crippen molar-refractivity contribution in [1.82, 2.24) is 14.7 Å². The molecule has 3 amide bonds. The molecule has 0 saturated carbocycles. The second-order valence-corrected chi connectivity index (χ2v) is 8.42. The van der Waals surface area contributed by atoms with Crippen molar-refractivity contribution in [1.29, 1.82) is 0 Å². The number of amides is 3. The van der Waals surface area contributed by atoms with Crippen LogP contribution in [-0.2, 0) is 4.79 Å². The number of piperidine rings is 1. The van der Waals surface area contributed by atoms with Gasteiger partial charge in [-0.25, -0.2) is 4.79 Å². The highest BCUT2D eigenvalue weighted by Crippen LogP contribution is 2.20. The molecular formula is C23H36N4O2. The summed E-state index contributed by atoms with van der Waals surface area (Å²) in [6.07, 6.45) is 5.59. The third kappa shape index (κ3) is 6.20. The predicted octanol–water partition coefficient (Wildman–Crippen LogP) is 3.75. The van der Waals surface area contributed by atoms with Crippen molar-refractivity contribution < 1.29 is 9.59 Å². The molecule has 0 bridgehead atoms. The number of benzene rings is 1. The van der Waals surface area contributed by atoms with Crippen LogP contribution in [0.25, 0.3) is 0 Å². The normalized spacial score (nSPS) is 19.5. The van der Waals surface area contributed by atoms with Crippen LogP contribution < -0.4 is 5.32 Å². The highest BCUT2D eigenvalue weighted by Gasteiger charge is 2.24. The van der Waals surface area contributed by atoms with Crippen molar-refractivity contribution in [2.75, 3.05) is 51.1 Å². The van der Waals surface area contributed by atoms with Crippen molar-refractivity contribution in [2.45, 2.75) is 51.9 Å². The minimum atomic E-state index is -0.0772. The maximum atomic E-state index is 12.7. The number of urea groups is 1. The minimum Gasteiger partial charge on any atom is -0.340 e. The minimum absolute atomic E-state index is 0.0772. The van der Waals surface area contributed by atoms with Crippen molar-refractivity contribution >= 4 is 17.6 Å². The van der Waals surface area contributed by atoms with Gasteiger partial charge >= 0.3 is 6.03 Å². The number of anilines is 1. The van der Waals surface area contributed by atoms with Crippen molar-refractivity contribution in [3.8, 4) is 0 Å². The summed E-state index contributed by atoms with van der Waals surface area (Å²) in [5.74, 6) is 0.730. The van der Waals surface area contributed by atoms with Gasteiger partial charge in [0, 0.05) is 31.9 Å². The maximum absolute atomic E-state index is 12.7. The van der Waals surface area contributed by atoms with Gasteiger partial charge in [0.05, 0.1) is 6.54 Å². The van der Waals surface area contributed by atoms with E-state index in [1.807, 2.05) is 21.9 Å². The molecule has 0 aromatic heterocycles. The molecule has 2 aliphatic rings. The molecule has 1 N–H and O–H groups in total. The average Bonchev–Trinajstić information content (AvgIpc) is 3.01. The molecule has 1 unspecified atom stereocenters. The lowest BCUT2D eigenvalue weighted by Gasteiger charge is -2.29. The molecule has 160 valence electrons. The molecule has 1 aromatic carbocycles. The molecule has 0 radical (unpaired) electrons. The number of hydrogen-bond acceptors (Lipinski definition) is 3. The quantitative estimate of drug-likeness (QED) is 0.819. The van der Waals surface area contributed by atoms with E-state index in [-0.39, 0.29) is 11.9 Å². The molecule has 6 nitrogen and oxygen atoms in total. The fourth-order valence-corrected chi connectivity index (χ4v) is 4.11. The maximum Gasteiger partial charge on any atom is 0.321 e. The lowest BCUT2D eigenvalue weighted by Crippen LogP contribution is -2.44. The zero-order chi connectivity index (χ0) is 20.6. The fraction of sp³-hybridized carbons (Fsp3) is 0.652. The Labute approximate surface area is 175 Å². The smallest absolute Gasteiger partial charge is 0.321 e. The summed E-state index contributed by atoms with van der Waals surface area (Å²) in [5.41, 5.74) is 2.12. The van der Waals surface area contributed by atoms with Gasteiger partial charge < -0.3 is 15.1 Å². The average molecular weight is 401 g/mol.